The van der Waals surface area contributed by atoms with Gasteiger partial charge in [-0.2, -0.15) is 18.3 Å². The van der Waals surface area contributed by atoms with Crippen LogP contribution in [0.3, 0.4) is 0 Å². The number of aromatic nitrogens is 3. The first kappa shape index (κ1) is 19.7. The van der Waals surface area contributed by atoms with Gasteiger partial charge in [0, 0.05) is 17.2 Å². The van der Waals surface area contributed by atoms with Gasteiger partial charge in [0.15, 0.2) is 11.5 Å². The number of nitrogens with zero attached hydrogens (tertiary/aromatic N) is 3. The number of halogens is 4. The summed E-state index contributed by atoms with van der Waals surface area (Å²) in [5, 5.41) is 10.1. The third-order valence-corrected chi connectivity index (χ3v) is 4.52. The lowest BCUT2D eigenvalue weighted by Crippen LogP contribution is -2.11. The van der Waals surface area contributed by atoms with E-state index in [-0.39, 0.29) is 16.5 Å². The van der Waals surface area contributed by atoms with Gasteiger partial charge in [-0.3, -0.25) is 4.79 Å². The number of alkyl halides is 3. The lowest BCUT2D eigenvalue weighted by atomic mass is 10.1. The van der Waals surface area contributed by atoms with E-state index in [0.29, 0.717) is 16.8 Å². The molecule has 0 atom stereocenters. The van der Waals surface area contributed by atoms with Gasteiger partial charge in [0.05, 0.1) is 16.4 Å². The highest BCUT2D eigenvalue weighted by molar-refractivity contribution is 6.32. The van der Waals surface area contributed by atoms with Crippen LogP contribution in [0.5, 0.6) is 0 Å². The predicted molar refractivity (Wildman–Crippen MR) is 103 cm³/mol. The van der Waals surface area contributed by atoms with Crippen molar-refractivity contribution in [1.82, 2.24) is 14.9 Å². The van der Waals surface area contributed by atoms with Gasteiger partial charge in [-0.05, 0) is 30.3 Å². The maximum atomic E-state index is 13.3. The van der Waals surface area contributed by atoms with E-state index in [1.54, 1.807) is 24.3 Å². The molecule has 10 heteroatoms. The van der Waals surface area contributed by atoms with E-state index in [2.05, 4.69) is 20.1 Å². The number of amides is 1. The standard InChI is InChI=1S/C20H12ClF3N4O2/c21-14-3-1-2-4-15(14)28-16(11-17(26-28)20(22,23)24)12-5-7-13(8-6-12)19(29)25-18-9-10-30-27-18/h1-11H,(H,25,27,29). The largest absolute Gasteiger partial charge is 0.435 e. The summed E-state index contributed by atoms with van der Waals surface area (Å²) in [7, 11) is 0. The van der Waals surface area contributed by atoms with Crippen molar-refractivity contribution >= 4 is 23.3 Å². The van der Waals surface area contributed by atoms with Crippen molar-refractivity contribution in [3.8, 4) is 16.9 Å². The minimum atomic E-state index is -4.63. The molecule has 0 aliphatic heterocycles. The fourth-order valence-electron chi connectivity index (χ4n) is 2.79. The fraction of sp³-hybridized carbons (Fsp3) is 0.0500. The zero-order valence-electron chi connectivity index (χ0n) is 15.0. The quantitative estimate of drug-likeness (QED) is 0.465. The van der Waals surface area contributed by atoms with Crippen molar-refractivity contribution in [3.63, 3.8) is 0 Å². The first-order valence-electron chi connectivity index (χ1n) is 8.57. The minimum Gasteiger partial charge on any atom is -0.363 e. The van der Waals surface area contributed by atoms with Crippen LogP contribution in [0.1, 0.15) is 16.1 Å². The molecule has 152 valence electrons. The number of rotatable bonds is 4. The van der Waals surface area contributed by atoms with E-state index in [4.69, 9.17) is 11.6 Å². The van der Waals surface area contributed by atoms with Gasteiger partial charge in [-0.15, -0.1) is 0 Å². The van der Waals surface area contributed by atoms with Crippen LogP contribution >= 0.6 is 11.6 Å². The highest BCUT2D eigenvalue weighted by Crippen LogP contribution is 2.34. The van der Waals surface area contributed by atoms with Gasteiger partial charge in [-0.25, -0.2) is 4.68 Å². The summed E-state index contributed by atoms with van der Waals surface area (Å²) in [6.07, 6.45) is -3.31. The minimum absolute atomic E-state index is 0.180. The van der Waals surface area contributed by atoms with Gasteiger partial charge < -0.3 is 9.84 Å². The Labute approximate surface area is 172 Å². The van der Waals surface area contributed by atoms with Crippen molar-refractivity contribution in [1.29, 1.82) is 0 Å². The number of anilines is 1. The molecule has 0 saturated heterocycles. The second kappa shape index (κ2) is 7.68. The Balaban J connectivity index is 1.72. The van der Waals surface area contributed by atoms with Crippen LogP contribution in [-0.4, -0.2) is 20.8 Å². The maximum absolute atomic E-state index is 13.3. The van der Waals surface area contributed by atoms with Gasteiger partial charge in [0.25, 0.3) is 5.91 Å². The van der Waals surface area contributed by atoms with Gasteiger partial charge in [0.1, 0.15) is 6.26 Å². The Bertz CT molecular complexity index is 1190. The van der Waals surface area contributed by atoms with Crippen molar-refractivity contribution in [2.24, 2.45) is 0 Å². The summed E-state index contributed by atoms with van der Waals surface area (Å²) >= 11 is 6.17. The average Bonchev–Trinajstić information content (AvgIpc) is 3.38. The number of nitrogens with one attached hydrogen (secondary N) is 1. The Morgan fingerprint density at radius 2 is 1.80 bits per heavy atom. The summed E-state index contributed by atoms with van der Waals surface area (Å²) in [5.41, 5.74) is 0.152. The van der Waals surface area contributed by atoms with Gasteiger partial charge >= 0.3 is 6.18 Å². The smallest absolute Gasteiger partial charge is 0.363 e. The third-order valence-electron chi connectivity index (χ3n) is 4.20. The Hall–Kier alpha value is -3.59. The molecule has 2 aromatic carbocycles. The van der Waals surface area contributed by atoms with Crippen LogP contribution in [-0.2, 0) is 6.18 Å². The van der Waals surface area contributed by atoms with E-state index in [9.17, 15) is 18.0 Å². The topological polar surface area (TPSA) is 73.0 Å². The number of benzene rings is 2. The first-order valence-corrected chi connectivity index (χ1v) is 8.95. The molecule has 0 unspecified atom stereocenters. The molecule has 0 aliphatic carbocycles. The highest BCUT2D eigenvalue weighted by Gasteiger charge is 2.35. The monoisotopic (exact) mass is 432 g/mol. The summed E-state index contributed by atoms with van der Waals surface area (Å²) in [4.78, 5) is 12.3. The molecule has 0 spiro atoms. The molecular weight excluding hydrogens is 421 g/mol. The summed E-state index contributed by atoms with van der Waals surface area (Å²) in [6, 6.07) is 14.9. The van der Waals surface area contributed by atoms with Crippen LogP contribution in [0.25, 0.3) is 16.9 Å². The van der Waals surface area contributed by atoms with Crippen LogP contribution in [0, 0.1) is 0 Å². The molecule has 1 amide bonds. The molecule has 0 saturated carbocycles. The van der Waals surface area contributed by atoms with Crippen molar-refractivity contribution in [2.75, 3.05) is 5.32 Å². The molecule has 4 rings (SSSR count). The molecule has 1 N–H and O–H groups in total. The molecular formula is C20H12ClF3N4O2. The van der Waals surface area contributed by atoms with Crippen molar-refractivity contribution in [2.45, 2.75) is 6.18 Å². The van der Waals surface area contributed by atoms with E-state index >= 15 is 0 Å². The first-order chi connectivity index (χ1) is 14.3. The second-order valence-corrected chi connectivity index (χ2v) is 6.60. The van der Waals surface area contributed by atoms with E-state index in [0.717, 1.165) is 10.7 Å². The molecule has 0 fully saturated rings. The van der Waals surface area contributed by atoms with Crippen LogP contribution < -0.4 is 5.32 Å². The number of hydrogen-bond donors (Lipinski definition) is 1. The molecule has 6 nitrogen and oxygen atoms in total. The van der Waals surface area contributed by atoms with E-state index in [1.807, 2.05) is 0 Å². The number of hydrogen-bond acceptors (Lipinski definition) is 4. The maximum Gasteiger partial charge on any atom is 0.435 e. The van der Waals surface area contributed by atoms with E-state index < -0.39 is 17.8 Å². The zero-order valence-corrected chi connectivity index (χ0v) is 15.8. The van der Waals surface area contributed by atoms with Gasteiger partial charge in [-0.1, -0.05) is 41.0 Å². The predicted octanol–water partition coefficient (Wildman–Crippen LogP) is 5.45. The normalized spacial score (nSPS) is 11.5. The fourth-order valence-corrected chi connectivity index (χ4v) is 3.01. The van der Waals surface area contributed by atoms with Crippen molar-refractivity contribution in [3.05, 3.63) is 83.2 Å². The SMILES string of the molecule is O=C(Nc1ccon1)c1ccc(-c2cc(C(F)(F)F)nn2-c2ccccc2Cl)cc1. The van der Waals surface area contributed by atoms with Crippen LogP contribution in [0.2, 0.25) is 5.02 Å². The molecule has 0 aliphatic rings. The Morgan fingerprint density at radius 1 is 1.07 bits per heavy atom. The van der Waals surface area contributed by atoms with E-state index in [1.165, 1.54) is 36.6 Å². The highest BCUT2D eigenvalue weighted by atomic mass is 35.5. The molecule has 2 aromatic heterocycles. The third kappa shape index (κ3) is 3.92. The Kier molecular flexibility index (Phi) is 5.04. The summed E-state index contributed by atoms with van der Waals surface area (Å²) in [6.45, 7) is 0. The summed E-state index contributed by atoms with van der Waals surface area (Å²) in [5.74, 6) is -0.193. The second-order valence-electron chi connectivity index (χ2n) is 6.19. The lowest BCUT2D eigenvalue weighted by Gasteiger charge is -2.10. The van der Waals surface area contributed by atoms with Crippen LogP contribution in [0.15, 0.2) is 71.4 Å². The lowest BCUT2D eigenvalue weighted by molar-refractivity contribution is -0.141. The average molecular weight is 433 g/mol. The molecule has 2 heterocycles. The number of para-hydroxylation sites is 1. The number of carbonyl (C=O) groups excluding carboxylic acids is 1. The van der Waals surface area contributed by atoms with Crippen molar-refractivity contribution < 1.29 is 22.5 Å². The Morgan fingerprint density at radius 3 is 2.43 bits per heavy atom. The molecule has 30 heavy (non-hydrogen) atoms. The molecule has 0 radical (unpaired) electrons. The van der Waals surface area contributed by atoms with Gasteiger partial charge in [0.2, 0.25) is 0 Å². The summed E-state index contributed by atoms with van der Waals surface area (Å²) < 4.78 is 45.6. The van der Waals surface area contributed by atoms with Crippen LogP contribution in [0.4, 0.5) is 19.0 Å². The molecule has 4 aromatic rings. The molecule has 0 bridgehead atoms. The zero-order chi connectivity index (χ0) is 21.3. The number of carbonyl (C=O) groups is 1.